The second-order valence-electron chi connectivity index (χ2n) is 3.77. The standard InChI is InChI=1S/C4H2N2.2C4H9.2Zn/c1-2-6-4-3-5-1;2*1-4(2)3;;/h1,4H;2*1-3H3;;/q-2;2*-1;2*+2. The molecule has 0 radical (unpaired) electrons. The van der Waals surface area contributed by atoms with Crippen molar-refractivity contribution in [1.82, 2.24) is 9.97 Å². The van der Waals surface area contributed by atoms with Crippen LogP contribution in [0.25, 0.3) is 0 Å². The molecule has 4 heteroatoms. The normalized spacial score (nSPS) is 7.50. The topological polar surface area (TPSA) is 25.8 Å². The molecule has 1 heterocycles. The maximum atomic E-state index is 3.54. The Morgan fingerprint density at radius 2 is 0.875 bits per heavy atom. The Kier molecular flexibility index (Phi) is 32.7. The molecular formula is C12H20N2Zn2. The molecule has 0 N–H and O–H groups in total. The average Bonchev–Trinajstić information content (AvgIpc) is 2.05. The Morgan fingerprint density at radius 3 is 0.938 bits per heavy atom. The maximum absolute atomic E-state index is 3.54. The van der Waals surface area contributed by atoms with Crippen LogP contribution < -0.4 is 0 Å². The van der Waals surface area contributed by atoms with E-state index in [2.05, 4.69) is 63.9 Å². The van der Waals surface area contributed by atoms with E-state index in [-0.39, 0.29) is 39.0 Å². The van der Waals surface area contributed by atoms with Crippen molar-refractivity contribution in [2.45, 2.75) is 41.5 Å². The summed E-state index contributed by atoms with van der Waals surface area (Å²) in [6.45, 7) is 12.5. The van der Waals surface area contributed by atoms with Gasteiger partial charge >= 0.3 is 39.0 Å². The van der Waals surface area contributed by atoms with E-state index in [4.69, 9.17) is 0 Å². The van der Waals surface area contributed by atoms with E-state index in [0.717, 1.165) is 0 Å². The van der Waals surface area contributed by atoms with Crippen LogP contribution in [-0.4, -0.2) is 9.97 Å². The van der Waals surface area contributed by atoms with Gasteiger partial charge in [0.1, 0.15) is 0 Å². The van der Waals surface area contributed by atoms with E-state index >= 15 is 0 Å². The summed E-state index contributed by atoms with van der Waals surface area (Å²) in [5.74, 6) is 2.83. The van der Waals surface area contributed by atoms with Gasteiger partial charge in [0.25, 0.3) is 0 Å². The number of hydrogen-bond acceptors (Lipinski definition) is 2. The summed E-state index contributed by atoms with van der Waals surface area (Å²) in [7, 11) is 0. The number of rotatable bonds is 0. The molecule has 1 aromatic rings. The summed E-state index contributed by atoms with van der Waals surface area (Å²) >= 11 is 0. The fraction of sp³-hybridized carbons (Fsp3) is 0.500. The molecule has 0 bridgehead atoms. The molecule has 0 unspecified atom stereocenters. The summed E-state index contributed by atoms with van der Waals surface area (Å²) in [6, 6.07) is 0. The predicted octanol–water partition coefficient (Wildman–Crippen LogP) is 3.31. The van der Waals surface area contributed by atoms with Crippen LogP contribution in [0, 0.1) is 24.2 Å². The molecule has 0 aromatic carbocycles. The van der Waals surface area contributed by atoms with Crippen LogP contribution in [0.5, 0.6) is 0 Å². The minimum absolute atomic E-state index is 0. The minimum atomic E-state index is 0. The monoisotopic (exact) mass is 320 g/mol. The number of aromatic nitrogens is 2. The fourth-order valence-electron chi connectivity index (χ4n) is 0.199. The van der Waals surface area contributed by atoms with Crippen molar-refractivity contribution in [1.29, 1.82) is 0 Å². The molecule has 1 rings (SSSR count). The molecule has 0 amide bonds. The van der Waals surface area contributed by atoms with Gasteiger partial charge in [-0.05, 0) is 0 Å². The van der Waals surface area contributed by atoms with E-state index < -0.39 is 0 Å². The molecule has 1 aromatic heterocycles. The second kappa shape index (κ2) is 20.7. The molecule has 0 aliphatic heterocycles. The molecule has 0 saturated heterocycles. The predicted molar refractivity (Wildman–Crippen MR) is 60.2 cm³/mol. The van der Waals surface area contributed by atoms with Crippen molar-refractivity contribution < 1.29 is 39.0 Å². The average molecular weight is 323 g/mol. The van der Waals surface area contributed by atoms with E-state index in [1.807, 2.05) is 0 Å². The molecule has 0 spiro atoms. The Bertz CT molecular complexity index is 141. The van der Waals surface area contributed by atoms with Crippen LogP contribution in [0.3, 0.4) is 0 Å². The van der Waals surface area contributed by atoms with Gasteiger partial charge in [-0.1, -0.05) is 0 Å². The Hall–Kier alpha value is 0.327. The molecular weight excluding hydrogens is 303 g/mol. The largest absolute Gasteiger partial charge is 2.00 e. The maximum Gasteiger partial charge on any atom is 2.00 e. The summed E-state index contributed by atoms with van der Waals surface area (Å²) in [6.07, 6.45) is 7.92. The summed E-state index contributed by atoms with van der Waals surface area (Å²) in [5, 5.41) is 0. The van der Waals surface area contributed by atoms with Crippen molar-refractivity contribution >= 4 is 0 Å². The van der Waals surface area contributed by atoms with Crippen molar-refractivity contribution in [2.75, 3.05) is 0 Å². The zero-order chi connectivity index (χ0) is 11.4. The van der Waals surface area contributed by atoms with Crippen molar-refractivity contribution in [3.8, 4) is 0 Å². The second-order valence-corrected chi connectivity index (χ2v) is 3.77. The van der Waals surface area contributed by atoms with Crippen molar-refractivity contribution in [3.05, 3.63) is 36.6 Å². The van der Waals surface area contributed by atoms with Crippen LogP contribution in [0.1, 0.15) is 41.5 Å². The zero-order valence-electron chi connectivity index (χ0n) is 11.5. The van der Waals surface area contributed by atoms with E-state index in [9.17, 15) is 0 Å². The van der Waals surface area contributed by atoms with Crippen LogP contribution in [-0.2, 0) is 39.0 Å². The van der Waals surface area contributed by atoms with E-state index in [1.54, 1.807) is 0 Å². The molecule has 16 heavy (non-hydrogen) atoms. The third-order valence-electron chi connectivity index (χ3n) is 0.394. The first-order chi connectivity index (χ1) is 6.46. The first-order valence-corrected chi connectivity index (χ1v) is 4.54. The summed E-state index contributed by atoms with van der Waals surface area (Å²) in [5.41, 5.74) is 0. The van der Waals surface area contributed by atoms with Gasteiger partial charge in [0.05, 0.1) is 0 Å². The quantitative estimate of drug-likeness (QED) is 0.541. The molecule has 0 aliphatic rings. The first kappa shape index (κ1) is 25.2. The minimum Gasteiger partial charge on any atom is -0.495 e. The molecule has 0 fully saturated rings. The zero-order valence-corrected chi connectivity index (χ0v) is 17.4. The SMILES string of the molecule is C[C-](C)C.C[C-](C)C.[Zn+2].[Zn+2].[c-]1cn[c-]cn1. The van der Waals surface area contributed by atoms with Gasteiger partial charge in [0, 0.05) is 0 Å². The Labute approximate surface area is 127 Å². The smallest absolute Gasteiger partial charge is 0.495 e. The number of nitrogens with zero attached hydrogens (tertiary/aromatic N) is 2. The van der Waals surface area contributed by atoms with E-state index in [0.29, 0.717) is 0 Å². The first-order valence-electron chi connectivity index (χ1n) is 4.54. The van der Waals surface area contributed by atoms with Gasteiger partial charge in [0.2, 0.25) is 0 Å². The van der Waals surface area contributed by atoms with Gasteiger partial charge in [0.15, 0.2) is 0 Å². The third kappa shape index (κ3) is 63.6. The van der Waals surface area contributed by atoms with Crippen LogP contribution in [0.4, 0.5) is 0 Å². The molecule has 2 nitrogen and oxygen atoms in total. The molecule has 0 aliphatic carbocycles. The van der Waals surface area contributed by atoms with Gasteiger partial charge in [-0.15, -0.1) is 0 Å². The fourth-order valence-corrected chi connectivity index (χ4v) is 0.199. The van der Waals surface area contributed by atoms with E-state index in [1.165, 1.54) is 24.2 Å². The van der Waals surface area contributed by atoms with Gasteiger partial charge in [-0.2, -0.15) is 41.5 Å². The van der Waals surface area contributed by atoms with Gasteiger partial charge in [-0.25, -0.2) is 24.8 Å². The van der Waals surface area contributed by atoms with Crippen molar-refractivity contribution in [2.24, 2.45) is 0 Å². The van der Waals surface area contributed by atoms with Gasteiger partial charge in [-0.3, -0.25) is 0 Å². The van der Waals surface area contributed by atoms with Crippen LogP contribution in [0.2, 0.25) is 0 Å². The number of hydrogen-bond donors (Lipinski definition) is 0. The Balaban J connectivity index is -0.0000000660. The van der Waals surface area contributed by atoms with Gasteiger partial charge < -0.3 is 21.8 Å². The van der Waals surface area contributed by atoms with Crippen LogP contribution in [0.15, 0.2) is 12.4 Å². The Morgan fingerprint density at radius 1 is 0.688 bits per heavy atom. The van der Waals surface area contributed by atoms with Crippen LogP contribution >= 0.6 is 0 Å². The summed E-state index contributed by atoms with van der Waals surface area (Å²) < 4.78 is 0. The summed E-state index contributed by atoms with van der Waals surface area (Å²) in [4.78, 5) is 7.08. The van der Waals surface area contributed by atoms with Crippen molar-refractivity contribution in [3.63, 3.8) is 0 Å². The molecule has 0 saturated carbocycles. The molecule has 0 atom stereocenters. The third-order valence-corrected chi connectivity index (χ3v) is 0.394. The molecule has 82 valence electrons.